The van der Waals surface area contributed by atoms with Gasteiger partial charge in [-0.2, -0.15) is 0 Å². The lowest BCUT2D eigenvalue weighted by Gasteiger charge is -2.14. The fraction of sp³-hybridized carbons (Fsp3) is 0.333. The third-order valence-corrected chi connectivity index (χ3v) is 2.16. The van der Waals surface area contributed by atoms with Gasteiger partial charge in [0.25, 0.3) is 0 Å². The molecule has 1 atom stereocenters. The molecule has 0 radical (unpaired) electrons. The summed E-state index contributed by atoms with van der Waals surface area (Å²) in [7, 11) is 0. The van der Waals surface area contributed by atoms with Crippen molar-refractivity contribution in [2.75, 3.05) is 0 Å². The van der Waals surface area contributed by atoms with Crippen LogP contribution in [0.1, 0.15) is 13.3 Å². The lowest BCUT2D eigenvalue weighted by Crippen LogP contribution is -2.09. The van der Waals surface area contributed by atoms with E-state index in [0.717, 1.165) is 17.2 Å². The number of fused-ring (bicyclic) bond motifs is 1. The van der Waals surface area contributed by atoms with Gasteiger partial charge in [-0.15, -0.1) is 0 Å². The number of hydrogen-bond donors (Lipinski definition) is 0. The van der Waals surface area contributed by atoms with Crippen molar-refractivity contribution >= 4 is 11.6 Å². The molecule has 0 unspecified atom stereocenters. The van der Waals surface area contributed by atoms with Crippen molar-refractivity contribution in [3.8, 4) is 0 Å². The molecule has 0 fully saturated rings. The molecule has 1 heterocycles. The first-order chi connectivity index (χ1) is 5.25. The predicted molar refractivity (Wildman–Crippen MR) is 45.3 cm³/mol. The first kappa shape index (κ1) is 6.99. The largest absolute Gasteiger partial charge is 0.490 e. The Morgan fingerprint density at radius 1 is 1.55 bits per heavy atom. The average molecular weight is 169 g/mol. The van der Waals surface area contributed by atoms with Gasteiger partial charge in [-0.25, -0.2) is 0 Å². The highest BCUT2D eigenvalue weighted by Gasteiger charge is 2.22. The molecule has 0 aromatic carbocycles. The van der Waals surface area contributed by atoms with Crippen LogP contribution in [0.2, 0.25) is 0 Å². The van der Waals surface area contributed by atoms with Crippen molar-refractivity contribution in [3.05, 3.63) is 34.6 Å². The highest BCUT2D eigenvalue weighted by atomic mass is 35.5. The van der Waals surface area contributed by atoms with Gasteiger partial charge in [0.15, 0.2) is 0 Å². The standard InChI is InChI=1S/C9H9ClO/c1-6-4-7-5-8(10)2-3-9(7)11-6/h2,4-5,9H,3H2,1H3/t9-/m1/s1. The second-order valence-corrected chi connectivity index (χ2v) is 3.27. The maximum absolute atomic E-state index is 5.83. The Labute approximate surface area is 71.0 Å². The molecule has 0 aromatic rings. The minimum absolute atomic E-state index is 0.234. The lowest BCUT2D eigenvalue weighted by molar-refractivity contribution is 0.169. The smallest absolute Gasteiger partial charge is 0.127 e. The third kappa shape index (κ3) is 1.21. The van der Waals surface area contributed by atoms with E-state index in [0.29, 0.717) is 0 Å². The summed E-state index contributed by atoms with van der Waals surface area (Å²) in [5.74, 6) is 0.987. The Balaban J connectivity index is 2.31. The van der Waals surface area contributed by atoms with Crippen LogP contribution in [0, 0.1) is 0 Å². The number of ether oxygens (including phenoxy) is 1. The van der Waals surface area contributed by atoms with E-state index in [1.54, 1.807) is 0 Å². The van der Waals surface area contributed by atoms with Crippen molar-refractivity contribution in [2.24, 2.45) is 0 Å². The van der Waals surface area contributed by atoms with Crippen molar-refractivity contribution in [3.63, 3.8) is 0 Å². The zero-order valence-corrected chi connectivity index (χ0v) is 7.06. The van der Waals surface area contributed by atoms with Crippen LogP contribution in [-0.2, 0) is 4.74 Å². The second kappa shape index (κ2) is 2.42. The normalized spacial score (nSPS) is 28.2. The van der Waals surface area contributed by atoms with Crippen LogP contribution in [0.15, 0.2) is 34.6 Å². The van der Waals surface area contributed by atoms with Crippen LogP contribution in [-0.4, -0.2) is 6.10 Å². The molecule has 0 saturated heterocycles. The van der Waals surface area contributed by atoms with Gasteiger partial charge in [0.1, 0.15) is 6.10 Å². The minimum atomic E-state index is 0.234. The molecular formula is C9H9ClO. The van der Waals surface area contributed by atoms with E-state index in [-0.39, 0.29) is 6.10 Å². The molecule has 2 heteroatoms. The summed E-state index contributed by atoms with van der Waals surface area (Å²) in [4.78, 5) is 0. The minimum Gasteiger partial charge on any atom is -0.490 e. The maximum Gasteiger partial charge on any atom is 0.127 e. The van der Waals surface area contributed by atoms with E-state index in [1.165, 1.54) is 5.57 Å². The fourth-order valence-electron chi connectivity index (χ4n) is 1.41. The summed E-state index contributed by atoms with van der Waals surface area (Å²) in [6.45, 7) is 1.97. The van der Waals surface area contributed by atoms with E-state index in [9.17, 15) is 0 Å². The first-order valence-corrected chi connectivity index (χ1v) is 4.06. The molecule has 1 aliphatic heterocycles. The molecular weight excluding hydrogens is 160 g/mol. The molecule has 58 valence electrons. The van der Waals surface area contributed by atoms with Gasteiger partial charge < -0.3 is 4.74 Å². The third-order valence-electron chi connectivity index (χ3n) is 1.90. The van der Waals surface area contributed by atoms with Crippen molar-refractivity contribution in [1.29, 1.82) is 0 Å². The molecule has 2 rings (SSSR count). The maximum atomic E-state index is 5.83. The summed E-state index contributed by atoms with van der Waals surface area (Å²) in [6.07, 6.45) is 7.13. The summed E-state index contributed by atoms with van der Waals surface area (Å²) in [5.41, 5.74) is 1.20. The van der Waals surface area contributed by atoms with E-state index in [1.807, 2.05) is 25.2 Å². The number of rotatable bonds is 0. The molecule has 11 heavy (non-hydrogen) atoms. The molecule has 0 amide bonds. The monoisotopic (exact) mass is 168 g/mol. The van der Waals surface area contributed by atoms with Gasteiger partial charge in [0.05, 0.1) is 5.76 Å². The molecule has 1 nitrogen and oxygen atoms in total. The highest BCUT2D eigenvalue weighted by Crippen LogP contribution is 2.30. The second-order valence-electron chi connectivity index (χ2n) is 2.83. The van der Waals surface area contributed by atoms with Crippen LogP contribution in [0.25, 0.3) is 0 Å². The Morgan fingerprint density at radius 2 is 2.36 bits per heavy atom. The SMILES string of the molecule is CC1=CC2=CC(Cl)=CC[C@H]2O1. The number of halogens is 1. The zero-order valence-electron chi connectivity index (χ0n) is 6.30. The van der Waals surface area contributed by atoms with Gasteiger partial charge in [-0.1, -0.05) is 17.7 Å². The van der Waals surface area contributed by atoms with E-state index in [4.69, 9.17) is 16.3 Å². The average Bonchev–Trinajstić information content (AvgIpc) is 2.27. The fourth-order valence-corrected chi connectivity index (χ4v) is 1.63. The Bertz CT molecular complexity index is 273. The van der Waals surface area contributed by atoms with Gasteiger partial charge in [0, 0.05) is 11.5 Å². The molecule has 2 aliphatic rings. The summed E-state index contributed by atoms with van der Waals surface area (Å²) in [5, 5.41) is 0.825. The molecule has 0 saturated carbocycles. The van der Waals surface area contributed by atoms with Crippen LogP contribution in [0.4, 0.5) is 0 Å². The molecule has 0 spiro atoms. The molecule has 0 N–H and O–H groups in total. The van der Waals surface area contributed by atoms with Gasteiger partial charge in [-0.05, 0) is 24.6 Å². The van der Waals surface area contributed by atoms with Gasteiger partial charge >= 0.3 is 0 Å². The number of hydrogen-bond acceptors (Lipinski definition) is 1. The molecule has 0 bridgehead atoms. The van der Waals surface area contributed by atoms with Gasteiger partial charge in [0.2, 0.25) is 0 Å². The van der Waals surface area contributed by atoms with Gasteiger partial charge in [-0.3, -0.25) is 0 Å². The Kier molecular flexibility index (Phi) is 1.53. The molecule has 0 aromatic heterocycles. The first-order valence-electron chi connectivity index (χ1n) is 3.68. The van der Waals surface area contributed by atoms with E-state index < -0.39 is 0 Å². The Hall–Kier alpha value is -0.690. The summed E-state index contributed by atoms with van der Waals surface area (Å²) < 4.78 is 5.50. The topological polar surface area (TPSA) is 9.23 Å². The quantitative estimate of drug-likeness (QED) is 0.541. The van der Waals surface area contributed by atoms with E-state index >= 15 is 0 Å². The highest BCUT2D eigenvalue weighted by molar-refractivity contribution is 6.31. The van der Waals surface area contributed by atoms with Crippen molar-refractivity contribution in [2.45, 2.75) is 19.4 Å². The lowest BCUT2D eigenvalue weighted by atomic mass is 10.0. The van der Waals surface area contributed by atoms with Crippen LogP contribution in [0.3, 0.4) is 0 Å². The number of allylic oxidation sites excluding steroid dienone is 3. The predicted octanol–water partition coefficient (Wildman–Crippen LogP) is 2.74. The van der Waals surface area contributed by atoms with Crippen LogP contribution >= 0.6 is 11.6 Å². The van der Waals surface area contributed by atoms with Crippen molar-refractivity contribution < 1.29 is 4.74 Å². The zero-order chi connectivity index (χ0) is 7.84. The van der Waals surface area contributed by atoms with Crippen molar-refractivity contribution in [1.82, 2.24) is 0 Å². The Morgan fingerprint density at radius 3 is 3.18 bits per heavy atom. The van der Waals surface area contributed by atoms with Crippen LogP contribution < -0.4 is 0 Å². The van der Waals surface area contributed by atoms with E-state index in [2.05, 4.69) is 0 Å². The van der Waals surface area contributed by atoms with Crippen LogP contribution in [0.5, 0.6) is 0 Å². The summed E-state index contributed by atoms with van der Waals surface area (Å²) in [6, 6.07) is 0. The molecule has 1 aliphatic carbocycles. The summed E-state index contributed by atoms with van der Waals surface area (Å²) >= 11 is 5.83.